The standard InChI is InChI=1S/C14H29N3S2.HI/c1-6-19-12-8-7-11(9-12)17-13(15-4)16-10-14(2,3)18-5;/h11-12H,6-10H2,1-5H3,(H2,15,16,17);1H. The number of hydrogen-bond donors (Lipinski definition) is 2. The highest BCUT2D eigenvalue weighted by Crippen LogP contribution is 2.29. The second-order valence-corrected chi connectivity index (χ2v) is 8.71. The van der Waals surface area contributed by atoms with Crippen LogP contribution in [0.2, 0.25) is 0 Å². The quantitative estimate of drug-likeness (QED) is 0.383. The predicted octanol–water partition coefficient (Wildman–Crippen LogP) is 3.59. The van der Waals surface area contributed by atoms with Gasteiger partial charge in [-0.1, -0.05) is 6.92 Å². The van der Waals surface area contributed by atoms with Crippen molar-refractivity contribution in [3.8, 4) is 0 Å². The molecule has 20 heavy (non-hydrogen) atoms. The summed E-state index contributed by atoms with van der Waals surface area (Å²) >= 11 is 3.98. The first kappa shape index (κ1) is 20.7. The molecule has 0 aliphatic heterocycles. The van der Waals surface area contributed by atoms with E-state index in [0.717, 1.165) is 17.8 Å². The summed E-state index contributed by atoms with van der Waals surface area (Å²) in [7, 11) is 1.86. The van der Waals surface area contributed by atoms with Crippen LogP contribution in [0.15, 0.2) is 4.99 Å². The Bertz CT molecular complexity index is 298. The zero-order valence-corrected chi connectivity index (χ0v) is 17.3. The third kappa shape index (κ3) is 7.64. The Hall–Kier alpha value is 0.700. The van der Waals surface area contributed by atoms with E-state index in [1.807, 2.05) is 18.8 Å². The maximum Gasteiger partial charge on any atom is 0.191 e. The van der Waals surface area contributed by atoms with Crippen molar-refractivity contribution in [2.24, 2.45) is 4.99 Å². The number of nitrogens with one attached hydrogen (secondary N) is 2. The lowest BCUT2D eigenvalue weighted by molar-refractivity contribution is 0.600. The fourth-order valence-corrected chi connectivity index (χ4v) is 3.57. The summed E-state index contributed by atoms with van der Waals surface area (Å²) in [6.45, 7) is 7.69. The molecular formula is C14H30IN3S2. The van der Waals surface area contributed by atoms with E-state index < -0.39 is 0 Å². The average molecular weight is 431 g/mol. The molecule has 0 radical (unpaired) electrons. The van der Waals surface area contributed by atoms with Crippen molar-refractivity contribution in [3.05, 3.63) is 0 Å². The van der Waals surface area contributed by atoms with E-state index in [9.17, 15) is 0 Å². The molecule has 0 aromatic rings. The second-order valence-electron chi connectivity index (χ2n) is 5.62. The van der Waals surface area contributed by atoms with E-state index in [2.05, 4.69) is 54.4 Å². The fraction of sp³-hybridized carbons (Fsp3) is 0.929. The maximum atomic E-state index is 4.34. The van der Waals surface area contributed by atoms with Crippen molar-refractivity contribution >= 4 is 53.5 Å². The molecule has 120 valence electrons. The van der Waals surface area contributed by atoms with Crippen molar-refractivity contribution in [2.45, 2.75) is 56.1 Å². The molecule has 0 amide bonds. The molecule has 1 saturated carbocycles. The van der Waals surface area contributed by atoms with Crippen LogP contribution >= 0.6 is 47.5 Å². The number of guanidine groups is 1. The number of nitrogens with zero attached hydrogens (tertiary/aromatic N) is 1. The maximum absolute atomic E-state index is 4.34. The molecule has 1 aliphatic carbocycles. The molecule has 1 fully saturated rings. The first-order valence-electron chi connectivity index (χ1n) is 7.14. The van der Waals surface area contributed by atoms with Gasteiger partial charge >= 0.3 is 0 Å². The summed E-state index contributed by atoms with van der Waals surface area (Å²) in [6.07, 6.45) is 6.03. The first-order chi connectivity index (χ1) is 9.00. The molecule has 2 N–H and O–H groups in total. The lowest BCUT2D eigenvalue weighted by Crippen LogP contribution is -2.46. The molecule has 2 unspecified atom stereocenters. The van der Waals surface area contributed by atoms with Crippen LogP contribution < -0.4 is 10.6 Å². The highest BCUT2D eigenvalue weighted by molar-refractivity contribution is 14.0. The molecule has 0 heterocycles. The Morgan fingerprint density at radius 2 is 2.05 bits per heavy atom. The Morgan fingerprint density at radius 1 is 1.35 bits per heavy atom. The minimum Gasteiger partial charge on any atom is -0.355 e. The summed E-state index contributed by atoms with van der Waals surface area (Å²) in [6, 6.07) is 0.590. The SMILES string of the molecule is CCSC1CCC(NC(=NC)NCC(C)(C)SC)C1.I. The number of halogens is 1. The summed E-state index contributed by atoms with van der Waals surface area (Å²) < 4.78 is 0.244. The lowest BCUT2D eigenvalue weighted by Gasteiger charge is -2.25. The van der Waals surface area contributed by atoms with Gasteiger partial charge in [-0.05, 0) is 45.1 Å². The summed E-state index contributed by atoms with van der Waals surface area (Å²) in [4.78, 5) is 4.34. The van der Waals surface area contributed by atoms with Crippen molar-refractivity contribution in [2.75, 3.05) is 25.6 Å². The van der Waals surface area contributed by atoms with Crippen molar-refractivity contribution in [1.82, 2.24) is 10.6 Å². The van der Waals surface area contributed by atoms with Crippen LogP contribution in [0.3, 0.4) is 0 Å². The largest absolute Gasteiger partial charge is 0.355 e. The number of aliphatic imine (C=N–C) groups is 1. The van der Waals surface area contributed by atoms with E-state index in [1.54, 1.807) is 0 Å². The fourth-order valence-electron chi connectivity index (χ4n) is 2.22. The van der Waals surface area contributed by atoms with E-state index in [0.29, 0.717) is 6.04 Å². The monoisotopic (exact) mass is 431 g/mol. The minimum absolute atomic E-state index is 0. The molecular weight excluding hydrogens is 401 g/mol. The van der Waals surface area contributed by atoms with Gasteiger partial charge in [-0.15, -0.1) is 24.0 Å². The van der Waals surface area contributed by atoms with E-state index in [-0.39, 0.29) is 28.7 Å². The topological polar surface area (TPSA) is 36.4 Å². The van der Waals surface area contributed by atoms with E-state index >= 15 is 0 Å². The predicted molar refractivity (Wildman–Crippen MR) is 107 cm³/mol. The Kier molecular flexibility index (Phi) is 10.8. The van der Waals surface area contributed by atoms with Crippen molar-refractivity contribution in [1.29, 1.82) is 0 Å². The van der Waals surface area contributed by atoms with Crippen LogP contribution in [0.4, 0.5) is 0 Å². The highest BCUT2D eigenvalue weighted by Gasteiger charge is 2.25. The number of rotatable bonds is 6. The van der Waals surface area contributed by atoms with Crippen LogP contribution in [-0.2, 0) is 0 Å². The smallest absolute Gasteiger partial charge is 0.191 e. The van der Waals surface area contributed by atoms with E-state index in [4.69, 9.17) is 0 Å². The Labute approximate surface area is 150 Å². The normalized spacial score (nSPS) is 23.4. The third-order valence-electron chi connectivity index (χ3n) is 3.59. The van der Waals surface area contributed by atoms with Gasteiger partial charge in [0.2, 0.25) is 0 Å². The Morgan fingerprint density at radius 3 is 2.60 bits per heavy atom. The van der Waals surface area contributed by atoms with Gasteiger partial charge in [-0.2, -0.15) is 23.5 Å². The zero-order chi connectivity index (χ0) is 14.3. The number of hydrogen-bond acceptors (Lipinski definition) is 3. The van der Waals surface area contributed by atoms with Gasteiger partial charge in [0, 0.05) is 29.6 Å². The van der Waals surface area contributed by atoms with E-state index in [1.165, 1.54) is 25.0 Å². The van der Waals surface area contributed by atoms with Gasteiger partial charge in [0.25, 0.3) is 0 Å². The summed E-state index contributed by atoms with van der Waals surface area (Å²) in [5.41, 5.74) is 0. The zero-order valence-electron chi connectivity index (χ0n) is 13.4. The van der Waals surface area contributed by atoms with Gasteiger partial charge in [0.1, 0.15) is 0 Å². The van der Waals surface area contributed by atoms with Crippen LogP contribution in [0, 0.1) is 0 Å². The minimum atomic E-state index is 0. The van der Waals surface area contributed by atoms with Crippen molar-refractivity contribution < 1.29 is 0 Å². The van der Waals surface area contributed by atoms with Crippen LogP contribution in [0.25, 0.3) is 0 Å². The van der Waals surface area contributed by atoms with Gasteiger partial charge in [-0.25, -0.2) is 0 Å². The second kappa shape index (κ2) is 10.4. The van der Waals surface area contributed by atoms with Gasteiger partial charge < -0.3 is 10.6 Å². The molecule has 3 nitrogen and oxygen atoms in total. The van der Waals surface area contributed by atoms with Gasteiger partial charge in [0.05, 0.1) is 0 Å². The molecule has 0 aromatic carbocycles. The lowest BCUT2D eigenvalue weighted by atomic mass is 10.2. The van der Waals surface area contributed by atoms with Gasteiger partial charge in [-0.3, -0.25) is 4.99 Å². The van der Waals surface area contributed by atoms with Gasteiger partial charge in [0.15, 0.2) is 5.96 Å². The molecule has 0 saturated heterocycles. The molecule has 0 bridgehead atoms. The number of thioether (sulfide) groups is 2. The molecule has 0 aromatic heterocycles. The molecule has 1 aliphatic rings. The third-order valence-corrected chi connectivity index (χ3v) is 6.07. The van der Waals surface area contributed by atoms with Crippen LogP contribution in [0.5, 0.6) is 0 Å². The first-order valence-corrected chi connectivity index (χ1v) is 9.42. The molecule has 2 atom stereocenters. The van der Waals surface area contributed by atoms with Crippen molar-refractivity contribution in [3.63, 3.8) is 0 Å². The summed E-state index contributed by atoms with van der Waals surface area (Å²) in [5, 5.41) is 7.85. The summed E-state index contributed by atoms with van der Waals surface area (Å²) in [5.74, 6) is 2.18. The molecule has 1 rings (SSSR count). The average Bonchev–Trinajstić information content (AvgIpc) is 2.82. The highest BCUT2D eigenvalue weighted by atomic mass is 127. The molecule has 6 heteroatoms. The van der Waals surface area contributed by atoms with Crippen LogP contribution in [-0.4, -0.2) is 47.6 Å². The molecule has 0 spiro atoms. The Balaban J connectivity index is 0.00000361. The van der Waals surface area contributed by atoms with Crippen LogP contribution in [0.1, 0.15) is 40.0 Å².